The Morgan fingerprint density at radius 3 is 1.13 bits per heavy atom. The molecule has 0 aliphatic heterocycles. The minimum absolute atomic E-state index is 0.876. The van der Waals surface area contributed by atoms with Crippen molar-refractivity contribution in [2.75, 3.05) is 0 Å². The molecule has 0 heterocycles. The first-order valence-corrected chi connectivity index (χ1v) is 6.99. The van der Waals surface area contributed by atoms with E-state index in [-0.39, 0.29) is 0 Å². The van der Waals surface area contributed by atoms with Crippen LogP contribution in [0.1, 0.15) is 67.7 Å². The zero-order valence-corrected chi connectivity index (χ0v) is 12.0. The van der Waals surface area contributed by atoms with Gasteiger partial charge in [-0.05, 0) is 29.6 Å². The molecule has 4 unspecified atom stereocenters. The molecule has 0 bridgehead atoms. The zero-order chi connectivity index (χ0) is 12.0. The summed E-state index contributed by atoms with van der Waals surface area (Å²) in [5.74, 6) is 4.42. The number of hydrogen-bond acceptors (Lipinski definition) is 0. The summed E-state index contributed by atoms with van der Waals surface area (Å²) in [6.07, 6.45) is 3.99. The second kappa shape index (κ2) is 7.30. The zero-order valence-electron chi connectivity index (χ0n) is 12.0. The first-order chi connectivity index (χ1) is 6.99. The average Bonchev–Trinajstić information content (AvgIpc) is 2.27. The highest BCUT2D eigenvalue weighted by Crippen LogP contribution is 2.35. The summed E-state index contributed by atoms with van der Waals surface area (Å²) in [6, 6.07) is 0. The van der Waals surface area contributed by atoms with Gasteiger partial charge in [0.05, 0.1) is 0 Å². The maximum absolute atomic E-state index is 2.46. The Morgan fingerprint density at radius 1 is 0.600 bits per heavy atom. The van der Waals surface area contributed by atoms with Crippen LogP contribution in [-0.2, 0) is 0 Å². The standard InChI is InChI=1S/C15H32/c1-8-11(4)13(6)15(10-3)14(7)12(5)9-2/h11-15H,8-10H2,1-7H3. The highest BCUT2D eigenvalue weighted by molar-refractivity contribution is 4.77. The van der Waals surface area contributed by atoms with Gasteiger partial charge in [0.1, 0.15) is 0 Å². The highest BCUT2D eigenvalue weighted by Gasteiger charge is 2.27. The third kappa shape index (κ3) is 4.17. The molecule has 0 aliphatic carbocycles. The molecule has 0 N–H and O–H groups in total. The number of rotatable bonds is 7. The van der Waals surface area contributed by atoms with Crippen molar-refractivity contribution < 1.29 is 0 Å². The lowest BCUT2D eigenvalue weighted by Crippen LogP contribution is -2.27. The van der Waals surface area contributed by atoms with Crippen molar-refractivity contribution in [2.45, 2.75) is 67.7 Å². The van der Waals surface area contributed by atoms with Crippen LogP contribution in [0, 0.1) is 29.6 Å². The minimum Gasteiger partial charge on any atom is -0.0651 e. The molecule has 0 rings (SSSR count). The van der Waals surface area contributed by atoms with E-state index in [2.05, 4.69) is 48.5 Å². The Labute approximate surface area is 97.8 Å². The predicted octanol–water partition coefficient (Wildman–Crippen LogP) is 5.38. The van der Waals surface area contributed by atoms with Gasteiger partial charge in [0, 0.05) is 0 Å². The summed E-state index contributed by atoms with van der Waals surface area (Å²) < 4.78 is 0. The maximum Gasteiger partial charge on any atom is -0.0360 e. The fraction of sp³-hybridized carbons (Fsp3) is 1.00. The summed E-state index contributed by atoms with van der Waals surface area (Å²) in [4.78, 5) is 0. The van der Waals surface area contributed by atoms with Crippen LogP contribution in [-0.4, -0.2) is 0 Å². The van der Waals surface area contributed by atoms with E-state index in [9.17, 15) is 0 Å². The Kier molecular flexibility index (Phi) is 7.30. The van der Waals surface area contributed by atoms with Crippen molar-refractivity contribution in [1.29, 1.82) is 0 Å². The maximum atomic E-state index is 2.46. The van der Waals surface area contributed by atoms with E-state index in [1.54, 1.807) is 0 Å². The Bertz CT molecular complexity index is 134. The van der Waals surface area contributed by atoms with E-state index in [1.807, 2.05) is 0 Å². The van der Waals surface area contributed by atoms with E-state index in [0.717, 1.165) is 29.6 Å². The smallest absolute Gasteiger partial charge is 0.0360 e. The second-order valence-electron chi connectivity index (χ2n) is 5.56. The summed E-state index contributed by atoms with van der Waals surface area (Å²) in [5.41, 5.74) is 0. The van der Waals surface area contributed by atoms with Crippen LogP contribution in [0.4, 0.5) is 0 Å². The van der Waals surface area contributed by atoms with Crippen molar-refractivity contribution in [3.63, 3.8) is 0 Å². The summed E-state index contributed by atoms with van der Waals surface area (Å²) >= 11 is 0. The molecule has 0 amide bonds. The van der Waals surface area contributed by atoms with Crippen molar-refractivity contribution in [2.24, 2.45) is 29.6 Å². The largest absolute Gasteiger partial charge is 0.0651 e. The number of hydrogen-bond donors (Lipinski definition) is 0. The lowest BCUT2D eigenvalue weighted by atomic mass is 9.71. The fourth-order valence-electron chi connectivity index (χ4n) is 2.81. The van der Waals surface area contributed by atoms with Crippen LogP contribution in [0.2, 0.25) is 0 Å². The van der Waals surface area contributed by atoms with E-state index in [4.69, 9.17) is 0 Å². The molecule has 92 valence electrons. The summed E-state index contributed by atoms with van der Waals surface area (Å²) in [6.45, 7) is 16.8. The first-order valence-electron chi connectivity index (χ1n) is 6.99. The van der Waals surface area contributed by atoms with Crippen LogP contribution in [0.3, 0.4) is 0 Å². The van der Waals surface area contributed by atoms with Crippen molar-refractivity contribution in [1.82, 2.24) is 0 Å². The average molecular weight is 212 g/mol. The molecule has 15 heavy (non-hydrogen) atoms. The molecule has 0 aromatic heterocycles. The molecule has 0 saturated heterocycles. The molecule has 0 aromatic rings. The van der Waals surface area contributed by atoms with Crippen LogP contribution < -0.4 is 0 Å². The van der Waals surface area contributed by atoms with Gasteiger partial charge in [0.15, 0.2) is 0 Å². The van der Waals surface area contributed by atoms with E-state index >= 15 is 0 Å². The molecule has 0 saturated carbocycles. The third-order valence-electron chi connectivity index (χ3n) is 4.91. The molecule has 0 heteroatoms. The molecule has 0 spiro atoms. The van der Waals surface area contributed by atoms with Crippen LogP contribution in [0.15, 0.2) is 0 Å². The normalized spacial score (nSPS) is 21.8. The first kappa shape index (κ1) is 15.0. The Morgan fingerprint density at radius 2 is 0.933 bits per heavy atom. The quantitative estimate of drug-likeness (QED) is 0.531. The molecular weight excluding hydrogens is 180 g/mol. The van der Waals surface area contributed by atoms with E-state index < -0.39 is 0 Å². The van der Waals surface area contributed by atoms with Gasteiger partial charge in [-0.3, -0.25) is 0 Å². The molecule has 0 aromatic carbocycles. The molecular formula is C15H32. The monoisotopic (exact) mass is 212 g/mol. The van der Waals surface area contributed by atoms with Crippen LogP contribution in [0.5, 0.6) is 0 Å². The van der Waals surface area contributed by atoms with Crippen LogP contribution >= 0.6 is 0 Å². The summed E-state index contributed by atoms with van der Waals surface area (Å²) in [7, 11) is 0. The Balaban J connectivity index is 4.45. The van der Waals surface area contributed by atoms with E-state index in [1.165, 1.54) is 19.3 Å². The molecule has 0 fully saturated rings. The van der Waals surface area contributed by atoms with Gasteiger partial charge in [-0.2, -0.15) is 0 Å². The van der Waals surface area contributed by atoms with Gasteiger partial charge in [0.2, 0.25) is 0 Å². The lowest BCUT2D eigenvalue weighted by molar-refractivity contribution is 0.144. The van der Waals surface area contributed by atoms with Crippen molar-refractivity contribution >= 4 is 0 Å². The predicted molar refractivity (Wildman–Crippen MR) is 71.0 cm³/mol. The molecule has 0 aliphatic rings. The van der Waals surface area contributed by atoms with Gasteiger partial charge in [-0.1, -0.05) is 67.7 Å². The van der Waals surface area contributed by atoms with Crippen molar-refractivity contribution in [3.05, 3.63) is 0 Å². The molecule has 0 nitrogen and oxygen atoms in total. The summed E-state index contributed by atoms with van der Waals surface area (Å²) in [5, 5.41) is 0. The highest BCUT2D eigenvalue weighted by atomic mass is 14.3. The SMILES string of the molecule is CCC(C)C(C)C(CC)C(C)C(C)CC. The van der Waals surface area contributed by atoms with E-state index in [0.29, 0.717) is 0 Å². The molecule has 4 atom stereocenters. The minimum atomic E-state index is 0.876. The third-order valence-corrected chi connectivity index (χ3v) is 4.91. The van der Waals surface area contributed by atoms with Crippen molar-refractivity contribution in [3.8, 4) is 0 Å². The fourth-order valence-corrected chi connectivity index (χ4v) is 2.81. The van der Waals surface area contributed by atoms with Crippen LogP contribution in [0.25, 0.3) is 0 Å². The van der Waals surface area contributed by atoms with Gasteiger partial charge < -0.3 is 0 Å². The topological polar surface area (TPSA) is 0 Å². The molecule has 0 radical (unpaired) electrons. The van der Waals surface area contributed by atoms with Gasteiger partial charge >= 0.3 is 0 Å². The lowest BCUT2D eigenvalue weighted by Gasteiger charge is -2.35. The second-order valence-corrected chi connectivity index (χ2v) is 5.56. The van der Waals surface area contributed by atoms with Gasteiger partial charge in [-0.25, -0.2) is 0 Å². The van der Waals surface area contributed by atoms with Gasteiger partial charge in [0.25, 0.3) is 0 Å². The van der Waals surface area contributed by atoms with Gasteiger partial charge in [-0.15, -0.1) is 0 Å². The Hall–Kier alpha value is 0.